The van der Waals surface area contributed by atoms with E-state index in [9.17, 15) is 0 Å². The predicted molar refractivity (Wildman–Crippen MR) is 70.5 cm³/mol. The topological polar surface area (TPSA) is 12.0 Å². The molecule has 1 heterocycles. The van der Waals surface area contributed by atoms with Gasteiger partial charge in [-0.1, -0.05) is 34.1 Å². The van der Waals surface area contributed by atoms with Crippen LogP contribution >= 0.6 is 0 Å². The van der Waals surface area contributed by atoms with Crippen molar-refractivity contribution in [2.24, 2.45) is 22.7 Å². The molecule has 2 fully saturated rings. The molecule has 1 saturated carbocycles. The Hall–Kier alpha value is -0.0400. The highest BCUT2D eigenvalue weighted by molar-refractivity contribution is 4.99. The first kappa shape index (κ1) is 12.4. The van der Waals surface area contributed by atoms with Gasteiger partial charge in [0.25, 0.3) is 0 Å². The Morgan fingerprint density at radius 2 is 2.00 bits per heavy atom. The Labute approximate surface area is 101 Å². The quantitative estimate of drug-likeness (QED) is 0.712. The SMILES string of the molecule is CCC1CNCCC12CC(C)CC(C)(C)C2. The lowest BCUT2D eigenvalue weighted by atomic mass is 9.53. The molecule has 2 rings (SSSR count). The van der Waals surface area contributed by atoms with Crippen LogP contribution in [0.1, 0.15) is 59.8 Å². The van der Waals surface area contributed by atoms with Crippen molar-refractivity contribution in [3.05, 3.63) is 0 Å². The highest BCUT2D eigenvalue weighted by atomic mass is 14.9. The molecular formula is C15H29N. The van der Waals surface area contributed by atoms with Gasteiger partial charge < -0.3 is 5.32 Å². The standard InChI is InChI=1S/C15H29N/c1-5-13-10-16-7-6-15(13)9-12(2)8-14(3,4)11-15/h12-13,16H,5-11H2,1-4H3. The minimum atomic E-state index is 0.572. The zero-order chi connectivity index (χ0) is 11.8. The van der Waals surface area contributed by atoms with Crippen LogP contribution in [0.4, 0.5) is 0 Å². The molecule has 0 aromatic carbocycles. The van der Waals surface area contributed by atoms with Gasteiger partial charge in [0.2, 0.25) is 0 Å². The van der Waals surface area contributed by atoms with E-state index in [1.807, 2.05) is 0 Å². The van der Waals surface area contributed by atoms with Crippen molar-refractivity contribution in [1.82, 2.24) is 5.32 Å². The summed E-state index contributed by atoms with van der Waals surface area (Å²) in [4.78, 5) is 0. The summed E-state index contributed by atoms with van der Waals surface area (Å²) < 4.78 is 0. The van der Waals surface area contributed by atoms with Crippen LogP contribution in [-0.4, -0.2) is 13.1 Å². The summed E-state index contributed by atoms with van der Waals surface area (Å²) in [5.74, 6) is 1.85. The average molecular weight is 223 g/mol. The second-order valence-electron chi connectivity index (χ2n) is 7.28. The third-order valence-electron chi connectivity index (χ3n) is 5.04. The Kier molecular flexibility index (Phi) is 3.36. The maximum atomic E-state index is 3.60. The van der Waals surface area contributed by atoms with E-state index in [0.29, 0.717) is 10.8 Å². The van der Waals surface area contributed by atoms with E-state index in [1.54, 1.807) is 0 Å². The zero-order valence-corrected chi connectivity index (χ0v) is 11.6. The molecule has 2 aliphatic rings. The van der Waals surface area contributed by atoms with Crippen LogP contribution in [0.2, 0.25) is 0 Å². The predicted octanol–water partition coefficient (Wildman–Crippen LogP) is 3.84. The minimum Gasteiger partial charge on any atom is -0.316 e. The Morgan fingerprint density at radius 3 is 2.62 bits per heavy atom. The normalized spacial score (nSPS) is 43.5. The van der Waals surface area contributed by atoms with Crippen LogP contribution in [0.3, 0.4) is 0 Å². The van der Waals surface area contributed by atoms with Crippen molar-refractivity contribution in [2.45, 2.75) is 59.8 Å². The van der Waals surface area contributed by atoms with E-state index in [2.05, 4.69) is 33.0 Å². The highest BCUT2D eigenvalue weighted by Gasteiger charge is 2.47. The van der Waals surface area contributed by atoms with Crippen molar-refractivity contribution >= 4 is 0 Å². The van der Waals surface area contributed by atoms with Gasteiger partial charge >= 0.3 is 0 Å². The molecule has 1 heteroatoms. The Bertz CT molecular complexity index is 246. The summed E-state index contributed by atoms with van der Waals surface area (Å²) in [6.07, 6.45) is 7.15. The van der Waals surface area contributed by atoms with Crippen LogP contribution in [0.25, 0.3) is 0 Å². The van der Waals surface area contributed by atoms with Gasteiger partial charge in [0.15, 0.2) is 0 Å². The first-order valence-electron chi connectivity index (χ1n) is 7.18. The molecule has 1 saturated heterocycles. The molecule has 3 unspecified atom stereocenters. The lowest BCUT2D eigenvalue weighted by molar-refractivity contribution is -0.0234. The van der Waals surface area contributed by atoms with E-state index < -0.39 is 0 Å². The molecule has 1 spiro atoms. The molecular weight excluding hydrogens is 194 g/mol. The molecule has 0 aromatic rings. The highest BCUT2D eigenvalue weighted by Crippen LogP contribution is 2.55. The summed E-state index contributed by atoms with van der Waals surface area (Å²) in [6.45, 7) is 12.3. The van der Waals surface area contributed by atoms with Gasteiger partial charge in [-0.05, 0) is 61.4 Å². The van der Waals surface area contributed by atoms with Crippen molar-refractivity contribution in [2.75, 3.05) is 13.1 Å². The summed E-state index contributed by atoms with van der Waals surface area (Å²) in [5, 5.41) is 3.60. The number of rotatable bonds is 1. The maximum Gasteiger partial charge on any atom is -0.00153 e. The second-order valence-corrected chi connectivity index (χ2v) is 7.28. The molecule has 94 valence electrons. The van der Waals surface area contributed by atoms with E-state index in [1.165, 1.54) is 45.2 Å². The van der Waals surface area contributed by atoms with E-state index in [0.717, 1.165) is 11.8 Å². The van der Waals surface area contributed by atoms with Gasteiger partial charge in [0, 0.05) is 0 Å². The first-order chi connectivity index (χ1) is 7.47. The van der Waals surface area contributed by atoms with Gasteiger partial charge in [-0.2, -0.15) is 0 Å². The number of hydrogen-bond donors (Lipinski definition) is 1. The molecule has 0 bridgehead atoms. The molecule has 0 amide bonds. The lowest BCUT2D eigenvalue weighted by Gasteiger charge is -2.54. The third kappa shape index (κ3) is 2.30. The van der Waals surface area contributed by atoms with Crippen molar-refractivity contribution in [3.8, 4) is 0 Å². The van der Waals surface area contributed by atoms with E-state index >= 15 is 0 Å². The van der Waals surface area contributed by atoms with Gasteiger partial charge in [-0.15, -0.1) is 0 Å². The van der Waals surface area contributed by atoms with Crippen LogP contribution in [0.5, 0.6) is 0 Å². The fourth-order valence-corrected chi connectivity index (χ4v) is 4.92. The molecule has 3 atom stereocenters. The summed E-state index contributed by atoms with van der Waals surface area (Å²) in [7, 11) is 0. The van der Waals surface area contributed by atoms with Crippen molar-refractivity contribution in [3.63, 3.8) is 0 Å². The van der Waals surface area contributed by atoms with Crippen LogP contribution in [0, 0.1) is 22.7 Å². The fourth-order valence-electron chi connectivity index (χ4n) is 4.92. The molecule has 16 heavy (non-hydrogen) atoms. The molecule has 1 aliphatic carbocycles. The van der Waals surface area contributed by atoms with Gasteiger partial charge in [0.1, 0.15) is 0 Å². The number of hydrogen-bond acceptors (Lipinski definition) is 1. The molecule has 1 nitrogen and oxygen atoms in total. The lowest BCUT2D eigenvalue weighted by Crippen LogP contribution is -2.50. The maximum absolute atomic E-state index is 3.60. The first-order valence-corrected chi connectivity index (χ1v) is 7.18. The van der Waals surface area contributed by atoms with E-state index in [-0.39, 0.29) is 0 Å². The van der Waals surface area contributed by atoms with Gasteiger partial charge in [-0.25, -0.2) is 0 Å². The van der Waals surface area contributed by atoms with Gasteiger partial charge in [-0.3, -0.25) is 0 Å². The summed E-state index contributed by atoms with van der Waals surface area (Å²) in [6, 6.07) is 0. The van der Waals surface area contributed by atoms with Crippen LogP contribution in [0.15, 0.2) is 0 Å². The largest absolute Gasteiger partial charge is 0.316 e. The summed E-state index contributed by atoms with van der Waals surface area (Å²) >= 11 is 0. The molecule has 1 aliphatic heterocycles. The average Bonchev–Trinajstić information content (AvgIpc) is 2.14. The fraction of sp³-hybridized carbons (Fsp3) is 1.00. The smallest absolute Gasteiger partial charge is 0.00153 e. The molecule has 1 N–H and O–H groups in total. The van der Waals surface area contributed by atoms with Gasteiger partial charge in [0.05, 0.1) is 0 Å². The molecule has 0 radical (unpaired) electrons. The van der Waals surface area contributed by atoms with E-state index in [4.69, 9.17) is 0 Å². The summed E-state index contributed by atoms with van der Waals surface area (Å²) in [5.41, 5.74) is 1.24. The Balaban J connectivity index is 2.20. The second kappa shape index (κ2) is 4.33. The van der Waals surface area contributed by atoms with Crippen molar-refractivity contribution in [1.29, 1.82) is 0 Å². The van der Waals surface area contributed by atoms with Crippen LogP contribution in [-0.2, 0) is 0 Å². The molecule has 0 aromatic heterocycles. The zero-order valence-electron chi connectivity index (χ0n) is 11.6. The monoisotopic (exact) mass is 223 g/mol. The number of piperidine rings is 1. The third-order valence-corrected chi connectivity index (χ3v) is 5.04. The van der Waals surface area contributed by atoms with Crippen molar-refractivity contribution < 1.29 is 0 Å². The number of nitrogens with one attached hydrogen (secondary N) is 1. The Morgan fingerprint density at radius 1 is 1.25 bits per heavy atom. The minimum absolute atomic E-state index is 0.572. The van der Waals surface area contributed by atoms with Crippen LogP contribution < -0.4 is 5.32 Å².